The fourth-order valence-electron chi connectivity index (χ4n) is 1.01. The van der Waals surface area contributed by atoms with Gasteiger partial charge in [-0.2, -0.15) is 0 Å². The first-order valence-electron chi connectivity index (χ1n) is 5.36. The average molecular weight is 247 g/mol. The Morgan fingerprint density at radius 1 is 1.35 bits per heavy atom. The van der Waals surface area contributed by atoms with Gasteiger partial charge < -0.3 is 26.2 Å². The molecule has 0 aromatic rings. The third kappa shape index (κ3) is 8.61. The van der Waals surface area contributed by atoms with Crippen molar-refractivity contribution >= 4 is 11.8 Å². The second-order valence-electron chi connectivity index (χ2n) is 4.00. The zero-order valence-corrected chi connectivity index (χ0v) is 10.3. The molecule has 0 bridgehead atoms. The van der Waals surface area contributed by atoms with E-state index in [2.05, 4.69) is 10.6 Å². The van der Waals surface area contributed by atoms with Gasteiger partial charge in [-0.3, -0.25) is 9.59 Å². The van der Waals surface area contributed by atoms with E-state index in [1.165, 1.54) is 7.11 Å². The highest BCUT2D eigenvalue weighted by Gasteiger charge is 2.20. The van der Waals surface area contributed by atoms with Gasteiger partial charge in [0.05, 0.1) is 18.7 Å². The van der Waals surface area contributed by atoms with Gasteiger partial charge in [0.15, 0.2) is 0 Å². The maximum absolute atomic E-state index is 11.3. The van der Waals surface area contributed by atoms with Gasteiger partial charge in [-0.15, -0.1) is 0 Å². The summed E-state index contributed by atoms with van der Waals surface area (Å²) in [5, 5.41) is 14.7. The molecule has 0 aromatic heterocycles. The van der Waals surface area contributed by atoms with Gasteiger partial charge in [0.25, 0.3) is 0 Å². The van der Waals surface area contributed by atoms with Crippen LogP contribution in [0.15, 0.2) is 0 Å². The molecule has 0 radical (unpaired) electrons. The van der Waals surface area contributed by atoms with E-state index in [1.54, 1.807) is 6.92 Å². The van der Waals surface area contributed by atoms with Crippen molar-refractivity contribution in [1.29, 1.82) is 0 Å². The molecule has 100 valence electrons. The molecule has 2 amide bonds. The van der Waals surface area contributed by atoms with Crippen molar-refractivity contribution in [2.45, 2.75) is 18.9 Å². The Hall–Kier alpha value is -1.18. The molecule has 0 saturated carbocycles. The minimum Gasteiger partial charge on any atom is -0.388 e. The fraction of sp³-hybridized carbons (Fsp3) is 0.800. The number of rotatable bonds is 8. The Bertz CT molecular complexity index is 256. The van der Waals surface area contributed by atoms with Crippen molar-refractivity contribution in [1.82, 2.24) is 10.6 Å². The van der Waals surface area contributed by atoms with E-state index in [0.717, 1.165) is 0 Å². The number of carbonyl (C=O) groups excluding carboxylic acids is 2. The maximum atomic E-state index is 11.3. The molecule has 0 spiro atoms. The molecule has 0 aliphatic carbocycles. The van der Waals surface area contributed by atoms with E-state index in [4.69, 9.17) is 10.5 Å². The highest BCUT2D eigenvalue weighted by Crippen LogP contribution is 2.07. The van der Waals surface area contributed by atoms with Gasteiger partial charge >= 0.3 is 0 Å². The molecule has 5 N–H and O–H groups in total. The Balaban J connectivity index is 3.78. The molecule has 1 atom stereocenters. The third-order valence-electron chi connectivity index (χ3n) is 2.14. The maximum Gasteiger partial charge on any atom is 0.239 e. The van der Waals surface area contributed by atoms with Crippen LogP contribution in [-0.4, -0.2) is 55.9 Å². The quantitative estimate of drug-likeness (QED) is 0.395. The van der Waals surface area contributed by atoms with Crippen LogP contribution in [0.4, 0.5) is 0 Å². The summed E-state index contributed by atoms with van der Waals surface area (Å²) in [5.41, 5.74) is 4.03. The number of carbonyl (C=O) groups is 2. The molecule has 17 heavy (non-hydrogen) atoms. The van der Waals surface area contributed by atoms with Crippen molar-refractivity contribution in [3.05, 3.63) is 0 Å². The normalized spacial score (nSPS) is 13.9. The first kappa shape index (κ1) is 15.8. The second kappa shape index (κ2) is 7.99. The Kier molecular flexibility index (Phi) is 7.44. The monoisotopic (exact) mass is 247 g/mol. The molecular formula is C10H21N3O4. The predicted molar refractivity (Wildman–Crippen MR) is 62.2 cm³/mol. The van der Waals surface area contributed by atoms with Gasteiger partial charge in [-0.25, -0.2) is 0 Å². The van der Waals surface area contributed by atoms with Crippen LogP contribution in [-0.2, 0) is 14.3 Å². The Labute approximate surface area is 101 Å². The van der Waals surface area contributed by atoms with E-state index < -0.39 is 11.5 Å². The summed E-state index contributed by atoms with van der Waals surface area (Å²) in [6, 6.07) is 0. The number of methoxy groups -OCH3 is 1. The number of aliphatic hydroxyl groups is 1. The summed E-state index contributed by atoms with van der Waals surface area (Å²) in [6.07, 6.45) is 0.416. The third-order valence-corrected chi connectivity index (χ3v) is 2.14. The molecule has 0 aliphatic heterocycles. The lowest BCUT2D eigenvalue weighted by molar-refractivity contribution is -0.126. The Morgan fingerprint density at radius 3 is 2.53 bits per heavy atom. The van der Waals surface area contributed by atoms with E-state index in [1.807, 2.05) is 0 Å². The summed E-state index contributed by atoms with van der Waals surface area (Å²) in [7, 11) is 1.54. The molecule has 1 unspecified atom stereocenters. The van der Waals surface area contributed by atoms with Crippen molar-refractivity contribution in [3.63, 3.8) is 0 Å². The van der Waals surface area contributed by atoms with Crippen molar-refractivity contribution < 1.29 is 19.4 Å². The Morgan fingerprint density at radius 2 is 2.00 bits per heavy atom. The first-order valence-corrected chi connectivity index (χ1v) is 5.36. The molecule has 7 nitrogen and oxygen atoms in total. The summed E-state index contributed by atoms with van der Waals surface area (Å²) >= 11 is 0. The van der Waals surface area contributed by atoms with Gasteiger partial charge in [0.1, 0.15) is 0 Å². The molecular weight excluding hydrogens is 226 g/mol. The molecule has 0 fully saturated rings. The summed E-state index contributed by atoms with van der Waals surface area (Å²) in [4.78, 5) is 22.1. The zero-order valence-electron chi connectivity index (χ0n) is 10.3. The van der Waals surface area contributed by atoms with Gasteiger partial charge in [-0.05, 0) is 6.92 Å². The van der Waals surface area contributed by atoms with Gasteiger partial charge in [-0.1, -0.05) is 0 Å². The molecule has 0 aliphatic rings. The van der Waals surface area contributed by atoms with E-state index >= 15 is 0 Å². The molecule has 0 rings (SSSR count). The van der Waals surface area contributed by atoms with Crippen molar-refractivity contribution in [2.75, 3.05) is 33.4 Å². The van der Waals surface area contributed by atoms with E-state index in [-0.39, 0.29) is 25.5 Å². The number of nitrogens with one attached hydrogen (secondary N) is 2. The largest absolute Gasteiger partial charge is 0.388 e. The SMILES string of the molecule is COCCC(C)(O)CNC(=O)CNC(=O)CN. The lowest BCUT2D eigenvalue weighted by Crippen LogP contribution is -2.45. The molecule has 0 aromatic carbocycles. The minimum absolute atomic E-state index is 0.105. The molecule has 7 heteroatoms. The predicted octanol–water partition coefficient (Wildman–Crippen LogP) is -2.03. The lowest BCUT2D eigenvalue weighted by atomic mass is 10.0. The van der Waals surface area contributed by atoms with Crippen LogP contribution in [0.2, 0.25) is 0 Å². The van der Waals surface area contributed by atoms with Crippen molar-refractivity contribution in [2.24, 2.45) is 5.73 Å². The van der Waals surface area contributed by atoms with Crippen molar-refractivity contribution in [3.8, 4) is 0 Å². The highest BCUT2D eigenvalue weighted by molar-refractivity contribution is 5.85. The standard InChI is InChI=1S/C10H21N3O4/c1-10(16,3-4-17-2)7-13-9(15)6-12-8(14)5-11/h16H,3-7,11H2,1-2H3,(H,12,14)(H,13,15). The van der Waals surface area contributed by atoms with Crippen LogP contribution < -0.4 is 16.4 Å². The number of ether oxygens (including phenoxy) is 1. The van der Waals surface area contributed by atoms with Crippen LogP contribution in [0, 0.1) is 0 Å². The van der Waals surface area contributed by atoms with Crippen LogP contribution in [0.3, 0.4) is 0 Å². The smallest absolute Gasteiger partial charge is 0.239 e. The lowest BCUT2D eigenvalue weighted by Gasteiger charge is -2.23. The molecule has 0 saturated heterocycles. The minimum atomic E-state index is -1.02. The van der Waals surface area contributed by atoms with Gasteiger partial charge in [0, 0.05) is 26.7 Å². The van der Waals surface area contributed by atoms with Crippen LogP contribution in [0.1, 0.15) is 13.3 Å². The number of nitrogens with two attached hydrogens (primary N) is 1. The summed E-state index contributed by atoms with van der Waals surface area (Å²) in [6.45, 7) is 1.82. The number of hydrogen-bond donors (Lipinski definition) is 4. The van der Waals surface area contributed by atoms with E-state index in [9.17, 15) is 14.7 Å². The number of amides is 2. The van der Waals surface area contributed by atoms with Crippen LogP contribution in [0.5, 0.6) is 0 Å². The molecule has 0 heterocycles. The average Bonchev–Trinajstić information content (AvgIpc) is 2.31. The topological polar surface area (TPSA) is 114 Å². The first-order chi connectivity index (χ1) is 7.91. The highest BCUT2D eigenvalue weighted by atomic mass is 16.5. The zero-order chi connectivity index (χ0) is 13.3. The van der Waals surface area contributed by atoms with Crippen LogP contribution in [0.25, 0.3) is 0 Å². The number of hydrogen-bond acceptors (Lipinski definition) is 5. The summed E-state index contributed by atoms with van der Waals surface area (Å²) in [5.74, 6) is -0.768. The fourth-order valence-corrected chi connectivity index (χ4v) is 1.01. The van der Waals surface area contributed by atoms with Gasteiger partial charge in [0.2, 0.25) is 11.8 Å². The summed E-state index contributed by atoms with van der Waals surface area (Å²) < 4.78 is 4.83. The van der Waals surface area contributed by atoms with E-state index in [0.29, 0.717) is 13.0 Å². The van der Waals surface area contributed by atoms with Crippen LogP contribution >= 0.6 is 0 Å². The second-order valence-corrected chi connectivity index (χ2v) is 4.00.